The van der Waals surface area contributed by atoms with Crippen molar-refractivity contribution in [3.8, 4) is 5.75 Å². The number of amides is 1. The topological polar surface area (TPSA) is 105 Å². The minimum absolute atomic E-state index is 0.00544. The van der Waals surface area contributed by atoms with E-state index in [4.69, 9.17) is 9.47 Å². The number of phenolic OH excluding ortho intramolecular Hbond substituents is 1. The standard InChI is InChI=1S/C34H33NO6S/c1-21-31(20-42-30-15-13-29(38)14-16-30)40-34(41-32(21)24-11-9-23(19-36)10-12-24)27-7-3-6-26(17-27)33(39)35-28-8-4-5-25(18-28)22(2)37/h3-18,21,31-32,34,36,38H,19-20H2,1-2H3,(H,35,39). The van der Waals surface area contributed by atoms with Gasteiger partial charge in [-0.25, -0.2) is 0 Å². The summed E-state index contributed by atoms with van der Waals surface area (Å²) in [6.45, 7) is 3.55. The van der Waals surface area contributed by atoms with Crippen molar-refractivity contribution in [3.05, 3.63) is 125 Å². The van der Waals surface area contributed by atoms with Gasteiger partial charge in [-0.2, -0.15) is 0 Å². The van der Waals surface area contributed by atoms with Crippen LogP contribution in [0.1, 0.15) is 63.6 Å². The molecule has 0 aromatic heterocycles. The largest absolute Gasteiger partial charge is 0.508 e. The summed E-state index contributed by atoms with van der Waals surface area (Å²) in [5, 5.41) is 22.0. The van der Waals surface area contributed by atoms with E-state index in [0.717, 1.165) is 16.0 Å². The Balaban J connectivity index is 1.38. The molecule has 0 radical (unpaired) electrons. The molecule has 3 N–H and O–H groups in total. The van der Waals surface area contributed by atoms with Gasteiger partial charge in [0, 0.05) is 38.9 Å². The Bertz CT molecular complexity index is 1540. The number of ether oxygens (including phenoxy) is 2. The molecular formula is C34H33NO6S. The summed E-state index contributed by atoms with van der Waals surface area (Å²) in [5.74, 6) is 0.497. The average molecular weight is 584 g/mol. The summed E-state index contributed by atoms with van der Waals surface area (Å²) in [7, 11) is 0. The van der Waals surface area contributed by atoms with Gasteiger partial charge in [0.15, 0.2) is 12.1 Å². The molecule has 1 saturated heterocycles. The van der Waals surface area contributed by atoms with Gasteiger partial charge in [-0.3, -0.25) is 9.59 Å². The molecule has 1 aliphatic heterocycles. The number of nitrogens with one attached hydrogen (secondary N) is 1. The second-order valence-corrected chi connectivity index (χ2v) is 11.4. The first-order valence-corrected chi connectivity index (χ1v) is 14.7. The lowest BCUT2D eigenvalue weighted by atomic mass is 9.91. The first-order valence-electron chi connectivity index (χ1n) is 13.8. The monoisotopic (exact) mass is 583 g/mol. The van der Waals surface area contributed by atoms with Gasteiger partial charge in [0.25, 0.3) is 5.91 Å². The Hall–Kier alpha value is -3.95. The smallest absolute Gasteiger partial charge is 0.255 e. The van der Waals surface area contributed by atoms with E-state index in [1.807, 2.05) is 42.5 Å². The number of rotatable bonds is 9. The lowest BCUT2D eigenvalue weighted by Crippen LogP contribution is -2.38. The van der Waals surface area contributed by atoms with E-state index in [1.54, 1.807) is 66.4 Å². The number of hydrogen-bond acceptors (Lipinski definition) is 7. The number of Topliss-reactive ketones (excluding diaryl/α,β-unsaturated/α-hetero) is 1. The van der Waals surface area contributed by atoms with Gasteiger partial charge in [-0.05, 0) is 66.6 Å². The van der Waals surface area contributed by atoms with E-state index in [-0.39, 0.29) is 42.2 Å². The zero-order chi connectivity index (χ0) is 29.6. The summed E-state index contributed by atoms with van der Waals surface area (Å²) in [6, 6.07) is 28.8. The highest BCUT2D eigenvalue weighted by molar-refractivity contribution is 7.99. The first-order chi connectivity index (χ1) is 20.3. The van der Waals surface area contributed by atoms with Crippen LogP contribution in [-0.2, 0) is 16.1 Å². The number of phenols is 1. The number of benzene rings is 4. The van der Waals surface area contributed by atoms with E-state index < -0.39 is 6.29 Å². The fourth-order valence-corrected chi connectivity index (χ4v) is 5.94. The minimum Gasteiger partial charge on any atom is -0.508 e. The maximum Gasteiger partial charge on any atom is 0.255 e. The molecule has 4 unspecified atom stereocenters. The molecule has 7 nitrogen and oxygen atoms in total. The summed E-state index contributed by atoms with van der Waals surface area (Å²) in [6.07, 6.45) is -1.19. The molecule has 0 spiro atoms. The van der Waals surface area contributed by atoms with E-state index in [2.05, 4.69) is 12.2 Å². The molecular weight excluding hydrogens is 550 g/mol. The van der Waals surface area contributed by atoms with E-state index in [0.29, 0.717) is 28.1 Å². The molecule has 0 bridgehead atoms. The van der Waals surface area contributed by atoms with E-state index in [9.17, 15) is 19.8 Å². The molecule has 1 fully saturated rings. The van der Waals surface area contributed by atoms with Crippen LogP contribution >= 0.6 is 11.8 Å². The van der Waals surface area contributed by atoms with Crippen LogP contribution in [-0.4, -0.2) is 33.8 Å². The first kappa shape index (κ1) is 29.5. The van der Waals surface area contributed by atoms with Gasteiger partial charge in [0.1, 0.15) is 5.75 Å². The Morgan fingerprint density at radius 1 is 0.857 bits per heavy atom. The highest BCUT2D eigenvalue weighted by Gasteiger charge is 2.38. The number of aliphatic hydroxyl groups is 1. The molecule has 1 aliphatic rings. The number of aromatic hydroxyl groups is 1. The zero-order valence-electron chi connectivity index (χ0n) is 23.4. The minimum atomic E-state index is -0.720. The lowest BCUT2D eigenvalue weighted by molar-refractivity contribution is -0.268. The molecule has 216 valence electrons. The Kier molecular flexibility index (Phi) is 9.39. The van der Waals surface area contributed by atoms with Crippen LogP contribution in [0.4, 0.5) is 5.69 Å². The third-order valence-electron chi connectivity index (χ3n) is 7.32. The fraction of sp³-hybridized carbons (Fsp3) is 0.235. The zero-order valence-corrected chi connectivity index (χ0v) is 24.2. The van der Waals surface area contributed by atoms with Crippen molar-refractivity contribution in [1.82, 2.24) is 0 Å². The van der Waals surface area contributed by atoms with Gasteiger partial charge >= 0.3 is 0 Å². The van der Waals surface area contributed by atoms with Crippen LogP contribution < -0.4 is 5.32 Å². The Morgan fingerprint density at radius 3 is 2.29 bits per heavy atom. The Labute approximate surface area is 249 Å². The maximum absolute atomic E-state index is 13.2. The van der Waals surface area contributed by atoms with Gasteiger partial charge < -0.3 is 25.0 Å². The third kappa shape index (κ3) is 7.09. The summed E-state index contributed by atoms with van der Waals surface area (Å²) < 4.78 is 13.1. The Morgan fingerprint density at radius 2 is 1.57 bits per heavy atom. The molecule has 42 heavy (non-hydrogen) atoms. The molecule has 1 heterocycles. The second-order valence-electron chi connectivity index (χ2n) is 10.3. The summed E-state index contributed by atoms with van der Waals surface area (Å²) in [4.78, 5) is 25.9. The van der Waals surface area contributed by atoms with Crippen LogP contribution in [0.2, 0.25) is 0 Å². The summed E-state index contributed by atoms with van der Waals surface area (Å²) >= 11 is 1.64. The lowest BCUT2D eigenvalue weighted by Gasteiger charge is -2.41. The van der Waals surface area contributed by atoms with Gasteiger partial charge in [-0.1, -0.05) is 55.5 Å². The van der Waals surface area contributed by atoms with E-state index in [1.165, 1.54) is 6.92 Å². The van der Waals surface area contributed by atoms with Gasteiger partial charge in [0.05, 0.1) is 18.8 Å². The van der Waals surface area contributed by atoms with Crippen molar-refractivity contribution in [2.45, 2.75) is 43.8 Å². The summed E-state index contributed by atoms with van der Waals surface area (Å²) in [5.41, 5.74) is 4.01. The molecule has 1 amide bonds. The normalized spacial score (nSPS) is 20.2. The van der Waals surface area contributed by atoms with Crippen LogP contribution in [0.3, 0.4) is 0 Å². The van der Waals surface area contributed by atoms with E-state index >= 15 is 0 Å². The van der Waals surface area contributed by atoms with Crippen molar-refractivity contribution in [2.24, 2.45) is 5.92 Å². The molecule has 4 atom stereocenters. The fourth-order valence-electron chi connectivity index (χ4n) is 4.88. The highest BCUT2D eigenvalue weighted by Crippen LogP contribution is 2.43. The third-order valence-corrected chi connectivity index (χ3v) is 8.42. The van der Waals surface area contributed by atoms with Crippen LogP contribution in [0.5, 0.6) is 5.75 Å². The van der Waals surface area contributed by atoms with Crippen molar-refractivity contribution in [2.75, 3.05) is 11.1 Å². The predicted octanol–water partition coefficient (Wildman–Crippen LogP) is 6.92. The molecule has 5 rings (SSSR count). The van der Waals surface area contributed by atoms with Crippen LogP contribution in [0.15, 0.2) is 102 Å². The number of hydrogen-bond donors (Lipinski definition) is 3. The molecule has 8 heteroatoms. The maximum atomic E-state index is 13.2. The van der Waals surface area contributed by atoms with Gasteiger partial charge in [0.2, 0.25) is 0 Å². The predicted molar refractivity (Wildman–Crippen MR) is 163 cm³/mol. The second kappa shape index (κ2) is 13.4. The van der Waals surface area contributed by atoms with Crippen molar-refractivity contribution in [3.63, 3.8) is 0 Å². The number of carbonyl (C=O) groups excluding carboxylic acids is 2. The number of carbonyl (C=O) groups is 2. The van der Waals surface area contributed by atoms with Crippen molar-refractivity contribution < 1.29 is 29.3 Å². The van der Waals surface area contributed by atoms with Crippen LogP contribution in [0, 0.1) is 5.92 Å². The highest BCUT2D eigenvalue weighted by atomic mass is 32.2. The molecule has 0 aliphatic carbocycles. The van der Waals surface area contributed by atoms with Gasteiger partial charge in [-0.15, -0.1) is 11.8 Å². The number of thioether (sulfide) groups is 1. The number of anilines is 1. The molecule has 0 saturated carbocycles. The number of aliphatic hydroxyl groups excluding tert-OH is 1. The molecule has 4 aromatic rings. The average Bonchev–Trinajstić information content (AvgIpc) is 3.01. The van der Waals surface area contributed by atoms with Crippen molar-refractivity contribution >= 4 is 29.1 Å². The van der Waals surface area contributed by atoms with Crippen LogP contribution in [0.25, 0.3) is 0 Å². The quantitative estimate of drug-likeness (QED) is 0.145. The molecule has 4 aromatic carbocycles. The SMILES string of the molecule is CC(=O)c1cccc(NC(=O)c2cccc(C3OC(CSc4ccc(O)cc4)C(C)C(c4ccc(CO)cc4)O3)c2)c1. The van der Waals surface area contributed by atoms with Crippen molar-refractivity contribution in [1.29, 1.82) is 0 Å². The number of ketones is 1.